The quantitative estimate of drug-likeness (QED) is 0.592. The number of amides is 1. The van der Waals surface area contributed by atoms with Gasteiger partial charge in [-0.1, -0.05) is 36.8 Å². The molecular weight excluding hydrogens is 338 g/mol. The van der Waals surface area contributed by atoms with Gasteiger partial charge in [0.15, 0.2) is 0 Å². The molecule has 3 rings (SSSR count). The van der Waals surface area contributed by atoms with Gasteiger partial charge in [-0.15, -0.1) is 0 Å². The van der Waals surface area contributed by atoms with E-state index >= 15 is 0 Å². The van der Waals surface area contributed by atoms with Crippen LogP contribution in [0.1, 0.15) is 37.7 Å². The second kappa shape index (κ2) is 8.11. The molecule has 5 heteroatoms. The zero-order valence-electron chi connectivity index (χ0n) is 16.9. The number of nitrogens with zero attached hydrogens (tertiary/aromatic N) is 3. The van der Waals surface area contributed by atoms with Gasteiger partial charge < -0.3 is 9.69 Å². The first kappa shape index (κ1) is 20.0. The Labute approximate surface area is 163 Å². The lowest BCUT2D eigenvalue weighted by atomic mass is 9.57. The minimum absolute atomic E-state index is 0.0653. The molecule has 1 aromatic rings. The van der Waals surface area contributed by atoms with Gasteiger partial charge in [0.25, 0.3) is 0 Å². The van der Waals surface area contributed by atoms with Gasteiger partial charge in [-0.05, 0) is 58.3 Å². The third kappa shape index (κ3) is 3.81. The Hall–Kier alpha value is -1.72. The molecule has 0 aliphatic heterocycles. The summed E-state index contributed by atoms with van der Waals surface area (Å²) >= 11 is 0. The standard InChI is InChI=1S/C22H33N3O2/c1-23(2)22(20-10-5-4-6-11-20)15-21(16-22,17-24(3)12-13-26)25(18-27)14-19-8-7-9-19/h4-6,10-11,13,18-19H,7-9,12,14-17H2,1-3H3. The predicted octanol–water partition coefficient (Wildman–Crippen LogP) is 2.37. The summed E-state index contributed by atoms with van der Waals surface area (Å²) in [6.45, 7) is 1.98. The van der Waals surface area contributed by atoms with E-state index in [1.165, 1.54) is 24.8 Å². The fourth-order valence-electron chi connectivity index (χ4n) is 4.97. The highest BCUT2D eigenvalue weighted by atomic mass is 16.1. The molecule has 148 valence electrons. The monoisotopic (exact) mass is 371 g/mol. The van der Waals surface area contributed by atoms with Crippen molar-refractivity contribution >= 4 is 12.7 Å². The molecule has 0 radical (unpaired) electrons. The van der Waals surface area contributed by atoms with E-state index in [9.17, 15) is 9.59 Å². The second-order valence-corrected chi connectivity index (χ2v) is 8.79. The molecule has 0 saturated heterocycles. The van der Waals surface area contributed by atoms with Gasteiger partial charge in [0.05, 0.1) is 17.6 Å². The number of benzene rings is 1. The fourth-order valence-corrected chi connectivity index (χ4v) is 4.97. The van der Waals surface area contributed by atoms with E-state index in [-0.39, 0.29) is 11.1 Å². The number of rotatable bonds is 10. The van der Waals surface area contributed by atoms with Crippen LogP contribution >= 0.6 is 0 Å². The summed E-state index contributed by atoms with van der Waals surface area (Å²) in [4.78, 5) is 29.5. The zero-order valence-corrected chi connectivity index (χ0v) is 16.9. The van der Waals surface area contributed by atoms with Crippen LogP contribution < -0.4 is 0 Å². The molecule has 0 atom stereocenters. The van der Waals surface area contributed by atoms with Crippen molar-refractivity contribution in [3.8, 4) is 0 Å². The Kier molecular flexibility index (Phi) is 6.02. The number of likely N-dealkylation sites (N-methyl/N-ethyl adjacent to an activating group) is 1. The predicted molar refractivity (Wildman–Crippen MR) is 107 cm³/mol. The maximum absolute atomic E-state index is 12.1. The molecule has 2 fully saturated rings. The fraction of sp³-hybridized carbons (Fsp3) is 0.636. The van der Waals surface area contributed by atoms with Crippen LogP contribution in [0, 0.1) is 5.92 Å². The normalized spacial score (nSPS) is 27.9. The highest BCUT2D eigenvalue weighted by Crippen LogP contribution is 2.54. The van der Waals surface area contributed by atoms with Crippen molar-refractivity contribution in [2.45, 2.75) is 43.2 Å². The number of carbonyl (C=O) groups is 2. The Balaban J connectivity index is 1.87. The van der Waals surface area contributed by atoms with Gasteiger partial charge in [0, 0.05) is 13.1 Å². The van der Waals surface area contributed by atoms with Crippen LogP contribution in [0.4, 0.5) is 0 Å². The number of carbonyl (C=O) groups excluding carboxylic acids is 2. The van der Waals surface area contributed by atoms with Crippen LogP contribution in [0.5, 0.6) is 0 Å². The van der Waals surface area contributed by atoms with E-state index in [2.05, 4.69) is 53.1 Å². The molecule has 2 aliphatic carbocycles. The van der Waals surface area contributed by atoms with E-state index in [1.807, 2.05) is 13.1 Å². The van der Waals surface area contributed by atoms with E-state index in [4.69, 9.17) is 0 Å². The lowest BCUT2D eigenvalue weighted by Gasteiger charge is -2.63. The Bertz CT molecular complexity index is 636. The summed E-state index contributed by atoms with van der Waals surface area (Å²) in [6, 6.07) is 10.6. The van der Waals surface area contributed by atoms with Crippen molar-refractivity contribution in [3.05, 3.63) is 35.9 Å². The van der Waals surface area contributed by atoms with E-state index < -0.39 is 0 Å². The van der Waals surface area contributed by atoms with Crippen molar-refractivity contribution in [1.82, 2.24) is 14.7 Å². The topological polar surface area (TPSA) is 43.9 Å². The van der Waals surface area contributed by atoms with Gasteiger partial charge in [-0.2, -0.15) is 0 Å². The molecule has 0 bridgehead atoms. The summed E-state index contributed by atoms with van der Waals surface area (Å²) in [7, 11) is 6.23. The van der Waals surface area contributed by atoms with Crippen LogP contribution in [0.3, 0.4) is 0 Å². The van der Waals surface area contributed by atoms with Crippen molar-refractivity contribution in [1.29, 1.82) is 0 Å². The first-order chi connectivity index (χ1) is 13.0. The molecule has 0 heterocycles. The van der Waals surface area contributed by atoms with Crippen molar-refractivity contribution in [3.63, 3.8) is 0 Å². The van der Waals surface area contributed by atoms with Crippen molar-refractivity contribution in [2.75, 3.05) is 40.8 Å². The SMILES string of the molecule is CN(CC=O)CC1(N(C=O)CC2CCC2)CC(c2ccccc2)(N(C)C)C1. The summed E-state index contributed by atoms with van der Waals surface area (Å²) in [5.74, 6) is 0.634. The van der Waals surface area contributed by atoms with Gasteiger partial charge in [0.1, 0.15) is 6.29 Å². The van der Waals surface area contributed by atoms with Crippen LogP contribution in [0.25, 0.3) is 0 Å². The molecule has 27 heavy (non-hydrogen) atoms. The molecule has 1 amide bonds. The van der Waals surface area contributed by atoms with Gasteiger partial charge in [0.2, 0.25) is 6.41 Å². The molecule has 5 nitrogen and oxygen atoms in total. The molecular formula is C22H33N3O2. The Morgan fingerprint density at radius 1 is 1.07 bits per heavy atom. The third-order valence-electron chi connectivity index (χ3n) is 6.78. The number of hydrogen-bond donors (Lipinski definition) is 0. The lowest BCUT2D eigenvalue weighted by molar-refractivity contribution is -0.148. The minimum Gasteiger partial charge on any atom is -0.338 e. The zero-order chi connectivity index (χ0) is 19.5. The third-order valence-corrected chi connectivity index (χ3v) is 6.78. The molecule has 1 aromatic carbocycles. The first-order valence-electron chi connectivity index (χ1n) is 10.0. The van der Waals surface area contributed by atoms with Crippen LogP contribution in [-0.2, 0) is 15.1 Å². The second-order valence-electron chi connectivity index (χ2n) is 8.79. The molecule has 0 N–H and O–H groups in total. The summed E-state index contributed by atoms with van der Waals surface area (Å²) in [5, 5.41) is 0. The highest BCUT2D eigenvalue weighted by Gasteiger charge is 2.59. The highest BCUT2D eigenvalue weighted by molar-refractivity contribution is 5.53. The van der Waals surface area contributed by atoms with Gasteiger partial charge >= 0.3 is 0 Å². The number of aldehydes is 1. The van der Waals surface area contributed by atoms with E-state index in [0.29, 0.717) is 12.5 Å². The van der Waals surface area contributed by atoms with Crippen LogP contribution in [0.2, 0.25) is 0 Å². The van der Waals surface area contributed by atoms with E-state index in [1.54, 1.807) is 0 Å². The lowest BCUT2D eigenvalue weighted by Crippen LogP contribution is -2.71. The summed E-state index contributed by atoms with van der Waals surface area (Å²) in [6.07, 6.45) is 7.51. The summed E-state index contributed by atoms with van der Waals surface area (Å²) in [5.41, 5.74) is 1.03. The maximum atomic E-state index is 12.1. The average Bonchev–Trinajstić information content (AvgIpc) is 2.58. The number of hydrogen-bond acceptors (Lipinski definition) is 4. The van der Waals surface area contributed by atoms with E-state index in [0.717, 1.165) is 38.6 Å². The average molecular weight is 372 g/mol. The molecule has 2 aliphatic rings. The van der Waals surface area contributed by atoms with Crippen LogP contribution in [-0.4, -0.2) is 73.7 Å². The largest absolute Gasteiger partial charge is 0.338 e. The van der Waals surface area contributed by atoms with Crippen molar-refractivity contribution in [2.24, 2.45) is 5.92 Å². The molecule has 0 unspecified atom stereocenters. The first-order valence-corrected chi connectivity index (χ1v) is 10.0. The van der Waals surface area contributed by atoms with Gasteiger partial charge in [-0.3, -0.25) is 14.6 Å². The van der Waals surface area contributed by atoms with Crippen molar-refractivity contribution < 1.29 is 9.59 Å². The summed E-state index contributed by atoms with van der Waals surface area (Å²) < 4.78 is 0. The Morgan fingerprint density at radius 2 is 1.74 bits per heavy atom. The molecule has 2 saturated carbocycles. The Morgan fingerprint density at radius 3 is 2.22 bits per heavy atom. The van der Waals surface area contributed by atoms with Gasteiger partial charge in [-0.25, -0.2) is 0 Å². The maximum Gasteiger partial charge on any atom is 0.210 e. The molecule has 0 aromatic heterocycles. The molecule has 0 spiro atoms. The van der Waals surface area contributed by atoms with Crippen LogP contribution in [0.15, 0.2) is 30.3 Å². The smallest absolute Gasteiger partial charge is 0.210 e. The minimum atomic E-state index is -0.213.